The molecule has 4 N–H and O–H groups in total. The van der Waals surface area contributed by atoms with E-state index in [9.17, 15) is 9.59 Å². The molecule has 1 aromatic heterocycles. The Labute approximate surface area is 158 Å². The van der Waals surface area contributed by atoms with Gasteiger partial charge in [-0.25, -0.2) is 4.79 Å². The molecule has 2 aromatic carbocycles. The first kappa shape index (κ1) is 18.5. The highest BCUT2D eigenvalue weighted by molar-refractivity contribution is 5.80. The number of fused-ring (bicyclic) bond motifs is 1. The zero-order valence-corrected chi connectivity index (χ0v) is 15.1. The van der Waals surface area contributed by atoms with Gasteiger partial charge in [0, 0.05) is 24.8 Å². The number of amides is 3. The van der Waals surface area contributed by atoms with Crippen LogP contribution < -0.4 is 16.4 Å². The van der Waals surface area contributed by atoms with Gasteiger partial charge in [0.2, 0.25) is 5.91 Å². The van der Waals surface area contributed by atoms with Gasteiger partial charge in [0.1, 0.15) is 0 Å². The van der Waals surface area contributed by atoms with Crippen molar-refractivity contribution in [3.05, 3.63) is 72.4 Å². The van der Waals surface area contributed by atoms with Gasteiger partial charge in [-0.3, -0.25) is 4.79 Å². The number of nitrogens with two attached hydrogens (primary N) is 1. The molecule has 0 saturated heterocycles. The Bertz CT molecular complexity index is 905. The van der Waals surface area contributed by atoms with Crippen LogP contribution in [0.4, 0.5) is 4.79 Å². The Kier molecular flexibility index (Phi) is 6.10. The molecule has 0 aliphatic rings. The SMILES string of the molecule is NC(=O)NC(CC(=O)NCCCn1ccc2ccccc21)c1ccccc1. The van der Waals surface area contributed by atoms with Gasteiger partial charge in [-0.15, -0.1) is 0 Å². The topological polar surface area (TPSA) is 89.2 Å². The van der Waals surface area contributed by atoms with Crippen molar-refractivity contribution in [2.24, 2.45) is 5.73 Å². The standard InChI is InChI=1S/C21H24N4O2/c22-21(27)24-18(16-7-2-1-3-8-16)15-20(26)23-12-6-13-25-14-11-17-9-4-5-10-19(17)25/h1-5,7-11,14,18H,6,12-13,15H2,(H,23,26)(H3,22,24,27). The van der Waals surface area contributed by atoms with Crippen molar-refractivity contribution in [1.29, 1.82) is 0 Å². The summed E-state index contributed by atoms with van der Waals surface area (Å²) in [6.45, 7) is 1.40. The number of benzene rings is 2. The second-order valence-corrected chi connectivity index (χ2v) is 6.45. The highest BCUT2D eigenvalue weighted by Gasteiger charge is 2.16. The van der Waals surface area contributed by atoms with Crippen LogP contribution in [-0.4, -0.2) is 23.1 Å². The van der Waals surface area contributed by atoms with E-state index < -0.39 is 12.1 Å². The van der Waals surface area contributed by atoms with Gasteiger partial charge in [-0.2, -0.15) is 0 Å². The summed E-state index contributed by atoms with van der Waals surface area (Å²) in [5.41, 5.74) is 7.29. The summed E-state index contributed by atoms with van der Waals surface area (Å²) in [4.78, 5) is 23.5. The highest BCUT2D eigenvalue weighted by atomic mass is 16.2. The smallest absolute Gasteiger partial charge is 0.312 e. The second kappa shape index (κ2) is 8.89. The lowest BCUT2D eigenvalue weighted by Gasteiger charge is -2.17. The number of carbonyl (C=O) groups is 2. The number of para-hydroxylation sites is 1. The summed E-state index contributed by atoms with van der Waals surface area (Å²) in [5, 5.41) is 6.77. The van der Waals surface area contributed by atoms with E-state index in [2.05, 4.69) is 39.6 Å². The molecule has 0 saturated carbocycles. The van der Waals surface area contributed by atoms with Gasteiger partial charge in [-0.1, -0.05) is 48.5 Å². The third-order valence-corrected chi connectivity index (χ3v) is 4.49. The van der Waals surface area contributed by atoms with Crippen LogP contribution in [-0.2, 0) is 11.3 Å². The molecule has 27 heavy (non-hydrogen) atoms. The Morgan fingerprint density at radius 3 is 2.52 bits per heavy atom. The molecular weight excluding hydrogens is 340 g/mol. The van der Waals surface area contributed by atoms with Crippen molar-refractivity contribution >= 4 is 22.8 Å². The Hall–Kier alpha value is -3.28. The fourth-order valence-corrected chi connectivity index (χ4v) is 3.18. The molecule has 0 spiro atoms. The number of primary amides is 1. The average Bonchev–Trinajstić information content (AvgIpc) is 3.08. The fraction of sp³-hybridized carbons (Fsp3) is 0.238. The van der Waals surface area contributed by atoms with Gasteiger partial charge in [0.25, 0.3) is 0 Å². The summed E-state index contributed by atoms with van der Waals surface area (Å²) in [6, 6.07) is 18.6. The normalized spacial score (nSPS) is 11.9. The van der Waals surface area contributed by atoms with Crippen molar-refractivity contribution < 1.29 is 9.59 Å². The number of urea groups is 1. The number of nitrogens with one attached hydrogen (secondary N) is 2. The van der Waals surface area contributed by atoms with E-state index >= 15 is 0 Å². The predicted octanol–water partition coefficient (Wildman–Crippen LogP) is 2.95. The van der Waals surface area contributed by atoms with Crippen molar-refractivity contribution in [2.45, 2.75) is 25.4 Å². The maximum atomic E-state index is 12.3. The van der Waals surface area contributed by atoms with Crippen LogP contribution in [0, 0.1) is 0 Å². The molecule has 3 rings (SSSR count). The number of nitrogens with zero attached hydrogens (tertiary/aromatic N) is 1. The number of carbonyl (C=O) groups excluding carboxylic acids is 2. The molecule has 6 heteroatoms. The summed E-state index contributed by atoms with van der Waals surface area (Å²) in [7, 11) is 0. The lowest BCUT2D eigenvalue weighted by atomic mass is 10.0. The Morgan fingerprint density at radius 1 is 1.00 bits per heavy atom. The molecule has 3 amide bonds. The first-order valence-electron chi connectivity index (χ1n) is 9.05. The number of hydrogen-bond acceptors (Lipinski definition) is 2. The lowest BCUT2D eigenvalue weighted by molar-refractivity contribution is -0.121. The average molecular weight is 364 g/mol. The quantitative estimate of drug-likeness (QED) is 0.537. The van der Waals surface area contributed by atoms with Gasteiger partial charge in [0.15, 0.2) is 0 Å². The van der Waals surface area contributed by atoms with Crippen molar-refractivity contribution in [3.63, 3.8) is 0 Å². The zero-order valence-electron chi connectivity index (χ0n) is 15.1. The maximum absolute atomic E-state index is 12.3. The fourth-order valence-electron chi connectivity index (χ4n) is 3.18. The summed E-state index contributed by atoms with van der Waals surface area (Å²) in [6.07, 6.45) is 3.04. The first-order valence-corrected chi connectivity index (χ1v) is 9.05. The molecule has 3 aromatic rings. The number of hydrogen-bond donors (Lipinski definition) is 3. The van der Waals surface area contributed by atoms with Crippen LogP contribution in [0.25, 0.3) is 10.9 Å². The van der Waals surface area contributed by atoms with Crippen LogP contribution in [0.15, 0.2) is 66.9 Å². The Morgan fingerprint density at radius 2 is 1.74 bits per heavy atom. The molecule has 0 bridgehead atoms. The molecule has 0 aliphatic heterocycles. The minimum absolute atomic E-state index is 0.116. The third kappa shape index (κ3) is 5.10. The van der Waals surface area contributed by atoms with E-state index in [1.807, 2.05) is 42.5 Å². The first-order chi connectivity index (χ1) is 13.1. The molecule has 6 nitrogen and oxygen atoms in total. The maximum Gasteiger partial charge on any atom is 0.312 e. The van der Waals surface area contributed by atoms with E-state index in [0.717, 1.165) is 18.5 Å². The molecule has 0 fully saturated rings. The molecule has 0 radical (unpaired) electrons. The van der Waals surface area contributed by atoms with Crippen molar-refractivity contribution in [1.82, 2.24) is 15.2 Å². The number of aryl methyl sites for hydroxylation is 1. The second-order valence-electron chi connectivity index (χ2n) is 6.45. The molecule has 1 atom stereocenters. The minimum Gasteiger partial charge on any atom is -0.356 e. The van der Waals surface area contributed by atoms with Crippen LogP contribution in [0.3, 0.4) is 0 Å². The molecule has 0 aliphatic carbocycles. The molecule has 140 valence electrons. The van der Waals surface area contributed by atoms with Gasteiger partial charge in [-0.05, 0) is 29.5 Å². The zero-order chi connectivity index (χ0) is 19.1. The number of rotatable bonds is 8. The number of aromatic nitrogens is 1. The molecule has 1 unspecified atom stereocenters. The highest BCUT2D eigenvalue weighted by Crippen LogP contribution is 2.17. The predicted molar refractivity (Wildman–Crippen MR) is 106 cm³/mol. The summed E-state index contributed by atoms with van der Waals surface area (Å²) in [5.74, 6) is -0.116. The van der Waals surface area contributed by atoms with E-state index in [-0.39, 0.29) is 12.3 Å². The van der Waals surface area contributed by atoms with Crippen molar-refractivity contribution in [2.75, 3.05) is 6.54 Å². The van der Waals surface area contributed by atoms with E-state index in [1.165, 1.54) is 10.9 Å². The van der Waals surface area contributed by atoms with Crippen LogP contribution in [0.2, 0.25) is 0 Å². The van der Waals surface area contributed by atoms with E-state index in [0.29, 0.717) is 6.54 Å². The third-order valence-electron chi connectivity index (χ3n) is 4.49. The lowest BCUT2D eigenvalue weighted by Crippen LogP contribution is -2.37. The van der Waals surface area contributed by atoms with Gasteiger partial charge < -0.3 is 20.9 Å². The molecule has 1 heterocycles. The van der Waals surface area contributed by atoms with Gasteiger partial charge in [0.05, 0.1) is 12.5 Å². The van der Waals surface area contributed by atoms with E-state index in [4.69, 9.17) is 5.73 Å². The van der Waals surface area contributed by atoms with E-state index in [1.54, 1.807) is 0 Å². The summed E-state index contributed by atoms with van der Waals surface area (Å²) >= 11 is 0. The van der Waals surface area contributed by atoms with Crippen LogP contribution in [0.1, 0.15) is 24.4 Å². The van der Waals surface area contributed by atoms with Crippen LogP contribution >= 0.6 is 0 Å². The largest absolute Gasteiger partial charge is 0.356 e. The molecular formula is C21H24N4O2. The van der Waals surface area contributed by atoms with Crippen molar-refractivity contribution in [3.8, 4) is 0 Å². The van der Waals surface area contributed by atoms with Gasteiger partial charge >= 0.3 is 6.03 Å². The monoisotopic (exact) mass is 364 g/mol. The van der Waals surface area contributed by atoms with Crippen LogP contribution in [0.5, 0.6) is 0 Å². The summed E-state index contributed by atoms with van der Waals surface area (Å²) < 4.78 is 2.18. The minimum atomic E-state index is -0.642. The Balaban J connectivity index is 1.48.